The van der Waals surface area contributed by atoms with Crippen molar-refractivity contribution in [2.45, 2.75) is 88.5 Å². The second-order valence-electron chi connectivity index (χ2n) is 17.4. The quantitative estimate of drug-likeness (QED) is 0.178. The Morgan fingerprint density at radius 2 is 1.63 bits per heavy atom. The zero-order valence-electron chi connectivity index (χ0n) is 34.6. The van der Waals surface area contributed by atoms with Gasteiger partial charge in [-0.05, 0) is 107 Å². The van der Waals surface area contributed by atoms with E-state index in [9.17, 15) is 27.6 Å². The number of benzene rings is 1. The van der Waals surface area contributed by atoms with Gasteiger partial charge in [0.2, 0.25) is 11.8 Å². The smallest absolute Gasteiger partial charge is 0.262 e. The van der Waals surface area contributed by atoms with Crippen LogP contribution in [0.5, 0.6) is 0 Å². The van der Waals surface area contributed by atoms with E-state index in [0.29, 0.717) is 52.9 Å². The molecule has 4 aliphatic heterocycles. The summed E-state index contributed by atoms with van der Waals surface area (Å²) < 4.78 is 28.4. The number of hydrogen-bond acceptors (Lipinski definition) is 14. The van der Waals surface area contributed by atoms with Gasteiger partial charge in [0.15, 0.2) is 11.6 Å². The minimum atomic E-state index is -3.49. The molecule has 4 amide bonds. The Hall–Kier alpha value is -6.08. The fourth-order valence-electron chi connectivity index (χ4n) is 9.37. The third-order valence-corrected chi connectivity index (χ3v) is 15.0. The van der Waals surface area contributed by atoms with Crippen LogP contribution in [-0.2, 0) is 19.6 Å². The Morgan fingerprint density at radius 1 is 0.855 bits per heavy atom. The first-order valence-corrected chi connectivity index (χ1v) is 23.0. The average Bonchev–Trinajstić information content (AvgIpc) is 3.81. The Morgan fingerprint density at radius 3 is 2.37 bits per heavy atom. The third-order valence-electron chi connectivity index (χ3n) is 13.0. The van der Waals surface area contributed by atoms with E-state index in [1.807, 2.05) is 29.1 Å². The SMILES string of the molecule is CC(C)n1nc(N2CCC(CN3CCC(c4ccc5c(c4)C(=O)N(C4CCC(=O)NC4=O)C5=O)CC3)CC2)c2cnc(Nc3ccnc(-c4cnn(S(=O)(=O)C5CC5)c4)n3)cc21. The van der Waals surface area contributed by atoms with E-state index >= 15 is 0 Å². The standard InChI is InChI=1S/C43H48N12O6S/c1-25(2)55-35-20-37(47-36-9-14-44-39(48-36)29-21-46-53(24-29)62(60,61)30-4-5-30)45-22-33(35)40(50-55)52-17-10-26(11-18-52)23-51-15-12-27(13-16-51)28-3-6-31-32(19-28)43(59)54(42(31)58)34-7-8-38(56)49-41(34)57/h3,6,9,14,19-22,24-27,30,34H,4-5,7-8,10-13,15-18,23H2,1-2H3,(H,49,56,57)(H,44,45,47,48). The molecular formula is C43H48N12O6S. The van der Waals surface area contributed by atoms with E-state index in [1.165, 1.54) is 12.4 Å². The van der Waals surface area contributed by atoms with Crippen LogP contribution < -0.4 is 15.5 Å². The van der Waals surface area contributed by atoms with Crippen LogP contribution in [0.25, 0.3) is 22.3 Å². The van der Waals surface area contributed by atoms with Gasteiger partial charge in [-0.2, -0.15) is 14.3 Å². The minimum Gasteiger partial charge on any atom is -0.355 e. The summed E-state index contributed by atoms with van der Waals surface area (Å²) in [5.41, 5.74) is 3.17. The molecular weight excluding hydrogens is 813 g/mol. The fourth-order valence-corrected chi connectivity index (χ4v) is 10.8. The predicted octanol–water partition coefficient (Wildman–Crippen LogP) is 4.25. The molecule has 5 aliphatic rings. The van der Waals surface area contributed by atoms with Crippen LogP contribution in [0.15, 0.2) is 55.1 Å². The molecule has 1 aliphatic carbocycles. The molecule has 19 heteroatoms. The lowest BCUT2D eigenvalue weighted by Gasteiger charge is -2.38. The summed E-state index contributed by atoms with van der Waals surface area (Å²) in [4.78, 5) is 70.4. The van der Waals surface area contributed by atoms with Crippen molar-refractivity contribution in [1.82, 2.24) is 49.0 Å². The second kappa shape index (κ2) is 15.7. The van der Waals surface area contributed by atoms with Crippen molar-refractivity contribution in [2.24, 2.45) is 5.92 Å². The molecule has 3 saturated heterocycles. The van der Waals surface area contributed by atoms with Gasteiger partial charge in [0.1, 0.15) is 17.7 Å². The van der Waals surface area contributed by atoms with E-state index in [2.05, 4.69) is 49.3 Å². The first kappa shape index (κ1) is 40.0. The van der Waals surface area contributed by atoms with Crippen molar-refractivity contribution in [3.05, 3.63) is 71.8 Å². The molecule has 5 aromatic rings. The van der Waals surface area contributed by atoms with Gasteiger partial charge in [-0.1, -0.05) is 6.07 Å². The number of pyridine rings is 1. The summed E-state index contributed by atoms with van der Waals surface area (Å²) in [5.74, 6) is 1.30. The highest BCUT2D eigenvalue weighted by Gasteiger charge is 2.45. The number of aromatic nitrogens is 7. The van der Waals surface area contributed by atoms with Gasteiger partial charge >= 0.3 is 0 Å². The van der Waals surface area contributed by atoms with E-state index in [1.54, 1.807) is 18.3 Å². The lowest BCUT2D eigenvalue weighted by atomic mass is 9.87. The number of piperidine rings is 3. The number of imide groups is 2. The van der Waals surface area contributed by atoms with Crippen LogP contribution in [0.1, 0.15) is 103 Å². The molecule has 2 N–H and O–H groups in total. The number of hydrogen-bond donors (Lipinski definition) is 2. The Bertz CT molecular complexity index is 2730. The van der Waals surface area contributed by atoms with Gasteiger partial charge in [0, 0.05) is 50.6 Å². The summed E-state index contributed by atoms with van der Waals surface area (Å²) in [5, 5.41) is 15.3. The van der Waals surface area contributed by atoms with E-state index in [-0.39, 0.29) is 36.0 Å². The molecule has 62 heavy (non-hydrogen) atoms. The zero-order chi connectivity index (χ0) is 42.9. The fraction of sp³-hybridized carbons (Fsp3) is 0.465. The number of anilines is 3. The number of likely N-dealkylation sites (tertiary alicyclic amines) is 1. The Balaban J connectivity index is 0.748. The molecule has 1 aromatic carbocycles. The number of nitrogens with zero attached hydrogens (tertiary/aromatic N) is 10. The van der Waals surface area contributed by atoms with Crippen LogP contribution in [0.2, 0.25) is 0 Å². The van der Waals surface area contributed by atoms with Gasteiger partial charge in [-0.25, -0.2) is 23.4 Å². The molecule has 1 saturated carbocycles. The maximum Gasteiger partial charge on any atom is 0.262 e. The highest BCUT2D eigenvalue weighted by Crippen LogP contribution is 2.36. The topological polar surface area (TPSA) is 211 Å². The highest BCUT2D eigenvalue weighted by molar-refractivity contribution is 7.90. The number of carbonyl (C=O) groups is 4. The zero-order valence-corrected chi connectivity index (χ0v) is 35.4. The van der Waals surface area contributed by atoms with Crippen molar-refractivity contribution in [3.8, 4) is 11.4 Å². The predicted molar refractivity (Wildman–Crippen MR) is 228 cm³/mol. The lowest BCUT2D eigenvalue weighted by Crippen LogP contribution is -2.54. The molecule has 8 heterocycles. The van der Waals surface area contributed by atoms with Crippen molar-refractivity contribution in [1.29, 1.82) is 0 Å². The lowest BCUT2D eigenvalue weighted by molar-refractivity contribution is -0.136. The normalized spacial score (nSPS) is 20.7. The molecule has 0 radical (unpaired) electrons. The van der Waals surface area contributed by atoms with Crippen molar-refractivity contribution in [2.75, 3.05) is 42.9 Å². The van der Waals surface area contributed by atoms with Gasteiger partial charge in [0.05, 0.1) is 45.2 Å². The number of rotatable bonds is 11. The van der Waals surface area contributed by atoms with Crippen molar-refractivity contribution < 1.29 is 27.6 Å². The van der Waals surface area contributed by atoms with Crippen LogP contribution in [0.3, 0.4) is 0 Å². The molecule has 4 aromatic heterocycles. The summed E-state index contributed by atoms with van der Waals surface area (Å²) >= 11 is 0. The molecule has 1 atom stereocenters. The second-order valence-corrected chi connectivity index (χ2v) is 19.5. The molecule has 0 bridgehead atoms. The first-order valence-electron chi connectivity index (χ1n) is 21.5. The van der Waals surface area contributed by atoms with E-state index < -0.39 is 33.8 Å². The van der Waals surface area contributed by atoms with E-state index in [4.69, 9.17) is 10.1 Å². The summed E-state index contributed by atoms with van der Waals surface area (Å²) in [6.07, 6.45) is 12.0. The third kappa shape index (κ3) is 7.39. The minimum absolute atomic E-state index is 0.0941. The van der Waals surface area contributed by atoms with Crippen LogP contribution in [0.4, 0.5) is 17.5 Å². The molecule has 18 nitrogen and oxygen atoms in total. The number of fused-ring (bicyclic) bond motifs is 2. The van der Waals surface area contributed by atoms with Crippen molar-refractivity contribution >= 4 is 62.0 Å². The van der Waals surface area contributed by atoms with Gasteiger partial charge in [0.25, 0.3) is 21.8 Å². The average molecular weight is 861 g/mol. The maximum absolute atomic E-state index is 13.4. The van der Waals surface area contributed by atoms with Gasteiger partial charge in [-0.3, -0.25) is 34.1 Å². The molecule has 0 spiro atoms. The summed E-state index contributed by atoms with van der Waals surface area (Å²) in [7, 11) is -3.49. The number of carbonyl (C=O) groups excluding carboxylic acids is 4. The maximum atomic E-state index is 13.4. The van der Waals surface area contributed by atoms with Crippen molar-refractivity contribution in [3.63, 3.8) is 0 Å². The number of nitrogens with one attached hydrogen (secondary N) is 2. The Kier molecular flexibility index (Phi) is 10.1. The molecule has 4 fully saturated rings. The summed E-state index contributed by atoms with van der Waals surface area (Å²) in [6, 6.07) is 8.38. The number of amides is 4. The molecule has 322 valence electrons. The highest BCUT2D eigenvalue weighted by atomic mass is 32.2. The van der Waals surface area contributed by atoms with Crippen LogP contribution >= 0.6 is 0 Å². The van der Waals surface area contributed by atoms with Gasteiger partial charge < -0.3 is 15.1 Å². The molecule has 10 rings (SSSR count). The van der Waals surface area contributed by atoms with Gasteiger partial charge in [-0.15, -0.1) is 0 Å². The monoisotopic (exact) mass is 860 g/mol. The van der Waals surface area contributed by atoms with E-state index in [0.717, 1.165) is 89.7 Å². The first-order chi connectivity index (χ1) is 29.9. The Labute approximate surface area is 358 Å². The largest absolute Gasteiger partial charge is 0.355 e. The van der Waals surface area contributed by atoms with Crippen LogP contribution in [0, 0.1) is 5.92 Å². The summed E-state index contributed by atoms with van der Waals surface area (Å²) in [6.45, 7) is 8.95. The molecule has 1 unspecified atom stereocenters. The van der Waals surface area contributed by atoms with Crippen LogP contribution in [-0.4, -0.2) is 120 Å².